The average Bonchev–Trinajstić information content (AvgIpc) is 2.21. The number of hydrogen-bond acceptors (Lipinski definition) is 3. The standard InChI is InChI=1S/C11H23N3O/c1-9(11(12)13)7-14-5-3-10(4-6-14)8-15-2/h9-10H,3-8H2,1-2H3,(H3,12,13). The van der Waals surface area contributed by atoms with Crippen LogP contribution in [0.25, 0.3) is 0 Å². The zero-order chi connectivity index (χ0) is 11.3. The summed E-state index contributed by atoms with van der Waals surface area (Å²) < 4.78 is 5.16. The van der Waals surface area contributed by atoms with Crippen molar-refractivity contribution in [2.45, 2.75) is 19.8 Å². The van der Waals surface area contributed by atoms with Crippen LogP contribution in [0.2, 0.25) is 0 Å². The molecule has 0 aromatic heterocycles. The van der Waals surface area contributed by atoms with Crippen LogP contribution in [0.5, 0.6) is 0 Å². The van der Waals surface area contributed by atoms with E-state index in [1.807, 2.05) is 6.92 Å². The van der Waals surface area contributed by atoms with Gasteiger partial charge in [-0.3, -0.25) is 5.41 Å². The quantitative estimate of drug-likeness (QED) is 0.527. The van der Waals surface area contributed by atoms with Crippen LogP contribution in [0, 0.1) is 17.2 Å². The first-order chi connectivity index (χ1) is 7.13. The van der Waals surface area contributed by atoms with Crippen LogP contribution in [-0.4, -0.2) is 44.1 Å². The molecular weight excluding hydrogens is 190 g/mol. The van der Waals surface area contributed by atoms with Crippen molar-refractivity contribution >= 4 is 5.84 Å². The molecule has 1 heterocycles. The molecular formula is C11H23N3O. The van der Waals surface area contributed by atoms with Crippen molar-refractivity contribution in [1.29, 1.82) is 5.41 Å². The highest BCUT2D eigenvalue weighted by atomic mass is 16.5. The molecule has 1 atom stereocenters. The normalized spacial score (nSPS) is 21.5. The Labute approximate surface area is 92.3 Å². The van der Waals surface area contributed by atoms with E-state index in [9.17, 15) is 0 Å². The molecule has 4 nitrogen and oxygen atoms in total. The fourth-order valence-electron chi connectivity index (χ4n) is 2.06. The van der Waals surface area contributed by atoms with Crippen LogP contribution in [0.3, 0.4) is 0 Å². The number of likely N-dealkylation sites (tertiary alicyclic amines) is 1. The Morgan fingerprint density at radius 1 is 1.53 bits per heavy atom. The van der Waals surface area contributed by atoms with Gasteiger partial charge in [0.1, 0.15) is 0 Å². The topological polar surface area (TPSA) is 62.3 Å². The molecule has 0 aromatic rings. The summed E-state index contributed by atoms with van der Waals surface area (Å²) in [5.41, 5.74) is 5.46. The second kappa shape index (κ2) is 6.08. The fourth-order valence-corrected chi connectivity index (χ4v) is 2.06. The summed E-state index contributed by atoms with van der Waals surface area (Å²) in [6.07, 6.45) is 2.41. The van der Waals surface area contributed by atoms with Gasteiger partial charge in [-0.1, -0.05) is 6.92 Å². The summed E-state index contributed by atoms with van der Waals surface area (Å²) in [4.78, 5) is 2.40. The predicted octanol–water partition coefficient (Wildman–Crippen LogP) is 0.917. The van der Waals surface area contributed by atoms with Gasteiger partial charge in [-0.05, 0) is 31.8 Å². The molecule has 0 spiro atoms. The number of nitrogens with two attached hydrogens (primary N) is 1. The maximum absolute atomic E-state index is 7.36. The van der Waals surface area contributed by atoms with Crippen LogP contribution in [0.4, 0.5) is 0 Å². The summed E-state index contributed by atoms with van der Waals surface area (Å²) in [6, 6.07) is 0. The number of amidine groups is 1. The van der Waals surface area contributed by atoms with E-state index >= 15 is 0 Å². The monoisotopic (exact) mass is 213 g/mol. The Morgan fingerprint density at radius 2 is 2.13 bits per heavy atom. The Hall–Kier alpha value is -0.610. The summed E-state index contributed by atoms with van der Waals surface area (Å²) in [7, 11) is 1.77. The lowest BCUT2D eigenvalue weighted by Crippen LogP contribution is -2.40. The van der Waals surface area contributed by atoms with E-state index in [1.54, 1.807) is 7.11 Å². The van der Waals surface area contributed by atoms with Crippen molar-refractivity contribution in [1.82, 2.24) is 4.90 Å². The van der Waals surface area contributed by atoms with E-state index < -0.39 is 0 Å². The van der Waals surface area contributed by atoms with Gasteiger partial charge in [-0.2, -0.15) is 0 Å². The lowest BCUT2D eigenvalue weighted by atomic mass is 9.97. The lowest BCUT2D eigenvalue weighted by molar-refractivity contribution is 0.0970. The molecule has 1 rings (SSSR count). The number of nitrogens with one attached hydrogen (secondary N) is 1. The van der Waals surface area contributed by atoms with E-state index in [0.717, 1.165) is 32.2 Å². The second-order valence-electron chi connectivity index (χ2n) is 4.56. The smallest absolute Gasteiger partial charge is 0.0947 e. The predicted molar refractivity (Wildman–Crippen MR) is 62.1 cm³/mol. The molecule has 0 bridgehead atoms. The van der Waals surface area contributed by atoms with Crippen LogP contribution in [0.1, 0.15) is 19.8 Å². The van der Waals surface area contributed by atoms with Crippen molar-refractivity contribution in [3.63, 3.8) is 0 Å². The van der Waals surface area contributed by atoms with Crippen LogP contribution in [-0.2, 0) is 4.74 Å². The number of rotatable bonds is 5. The summed E-state index contributed by atoms with van der Waals surface area (Å²) in [5.74, 6) is 1.21. The first kappa shape index (κ1) is 12.5. The van der Waals surface area contributed by atoms with Gasteiger partial charge in [-0.25, -0.2) is 0 Å². The molecule has 1 unspecified atom stereocenters. The average molecular weight is 213 g/mol. The molecule has 0 aromatic carbocycles. The van der Waals surface area contributed by atoms with Crippen molar-refractivity contribution in [3.8, 4) is 0 Å². The van der Waals surface area contributed by atoms with Crippen molar-refractivity contribution in [3.05, 3.63) is 0 Å². The lowest BCUT2D eigenvalue weighted by Gasteiger charge is -2.32. The summed E-state index contributed by atoms with van der Waals surface area (Å²) in [5, 5.41) is 7.36. The van der Waals surface area contributed by atoms with Gasteiger partial charge in [0.15, 0.2) is 0 Å². The van der Waals surface area contributed by atoms with Crippen molar-refractivity contribution < 1.29 is 4.74 Å². The zero-order valence-corrected chi connectivity index (χ0v) is 9.83. The van der Waals surface area contributed by atoms with E-state index in [1.165, 1.54) is 12.8 Å². The number of piperidine rings is 1. The minimum Gasteiger partial charge on any atom is -0.387 e. The summed E-state index contributed by atoms with van der Waals surface area (Å²) >= 11 is 0. The molecule has 1 fully saturated rings. The third kappa shape index (κ3) is 4.18. The Balaban J connectivity index is 2.22. The number of nitrogens with zero attached hydrogens (tertiary/aromatic N) is 1. The molecule has 0 aliphatic carbocycles. The van der Waals surface area contributed by atoms with Crippen LogP contribution < -0.4 is 5.73 Å². The number of ether oxygens (including phenoxy) is 1. The van der Waals surface area contributed by atoms with Gasteiger partial charge in [0.25, 0.3) is 0 Å². The molecule has 0 radical (unpaired) electrons. The molecule has 3 N–H and O–H groups in total. The van der Waals surface area contributed by atoms with Crippen molar-refractivity contribution in [2.75, 3.05) is 33.4 Å². The third-order valence-corrected chi connectivity index (χ3v) is 3.17. The van der Waals surface area contributed by atoms with Gasteiger partial charge < -0.3 is 15.4 Å². The minimum absolute atomic E-state index is 0.184. The van der Waals surface area contributed by atoms with E-state index in [2.05, 4.69) is 4.90 Å². The molecule has 1 aliphatic rings. The van der Waals surface area contributed by atoms with Gasteiger partial charge in [-0.15, -0.1) is 0 Å². The molecule has 0 saturated carbocycles. The first-order valence-corrected chi connectivity index (χ1v) is 5.68. The van der Waals surface area contributed by atoms with E-state index in [0.29, 0.717) is 5.84 Å². The SMILES string of the molecule is COCC1CCN(CC(C)C(=N)N)CC1. The molecule has 1 saturated heterocycles. The second-order valence-corrected chi connectivity index (χ2v) is 4.56. The zero-order valence-electron chi connectivity index (χ0n) is 9.83. The highest BCUT2D eigenvalue weighted by Crippen LogP contribution is 2.18. The molecule has 1 aliphatic heterocycles. The molecule has 15 heavy (non-hydrogen) atoms. The van der Waals surface area contributed by atoms with Gasteiger partial charge in [0.05, 0.1) is 5.84 Å². The third-order valence-electron chi connectivity index (χ3n) is 3.17. The maximum atomic E-state index is 7.36. The molecule has 0 amide bonds. The number of hydrogen-bond donors (Lipinski definition) is 2. The summed E-state index contributed by atoms with van der Waals surface area (Å²) in [6.45, 7) is 6.06. The van der Waals surface area contributed by atoms with Gasteiger partial charge in [0.2, 0.25) is 0 Å². The van der Waals surface area contributed by atoms with Gasteiger partial charge >= 0.3 is 0 Å². The number of methoxy groups -OCH3 is 1. The van der Waals surface area contributed by atoms with E-state index in [4.69, 9.17) is 15.9 Å². The van der Waals surface area contributed by atoms with E-state index in [-0.39, 0.29) is 5.92 Å². The minimum atomic E-state index is 0.184. The molecule has 4 heteroatoms. The molecule has 88 valence electrons. The Morgan fingerprint density at radius 3 is 2.60 bits per heavy atom. The fraction of sp³-hybridized carbons (Fsp3) is 0.909. The maximum Gasteiger partial charge on any atom is 0.0947 e. The highest BCUT2D eigenvalue weighted by Gasteiger charge is 2.20. The first-order valence-electron chi connectivity index (χ1n) is 5.68. The van der Waals surface area contributed by atoms with Crippen molar-refractivity contribution in [2.24, 2.45) is 17.6 Å². The Bertz CT molecular complexity index is 200. The highest BCUT2D eigenvalue weighted by molar-refractivity contribution is 5.79. The Kier molecular flexibility index (Phi) is 5.05. The van der Waals surface area contributed by atoms with Gasteiger partial charge in [0, 0.05) is 26.2 Å². The largest absolute Gasteiger partial charge is 0.387 e. The van der Waals surface area contributed by atoms with Crippen LogP contribution >= 0.6 is 0 Å². The van der Waals surface area contributed by atoms with Crippen LogP contribution in [0.15, 0.2) is 0 Å².